The van der Waals surface area contributed by atoms with Crippen molar-refractivity contribution in [3.05, 3.63) is 69.4 Å². The Bertz CT molecular complexity index is 1300. The van der Waals surface area contributed by atoms with Gasteiger partial charge in [-0.3, -0.25) is 9.59 Å². The number of nitrogens with one attached hydrogen (secondary N) is 2. The third-order valence-corrected chi connectivity index (χ3v) is 7.17. The van der Waals surface area contributed by atoms with Crippen LogP contribution in [-0.2, 0) is 22.4 Å². The van der Waals surface area contributed by atoms with Gasteiger partial charge in [0.15, 0.2) is 6.61 Å². The van der Waals surface area contributed by atoms with E-state index in [4.69, 9.17) is 4.74 Å². The Hall–Kier alpha value is -3.90. The molecule has 35 heavy (non-hydrogen) atoms. The smallest absolute Gasteiger partial charge is 0.259 e. The minimum Gasteiger partial charge on any atom is -0.484 e. The molecule has 1 aliphatic carbocycles. The van der Waals surface area contributed by atoms with Crippen LogP contribution in [0.3, 0.4) is 0 Å². The van der Waals surface area contributed by atoms with Gasteiger partial charge in [0.2, 0.25) is 0 Å². The summed E-state index contributed by atoms with van der Waals surface area (Å²) >= 11 is 1.70. The van der Waals surface area contributed by atoms with E-state index in [-0.39, 0.29) is 13.2 Å². The molecule has 2 heterocycles. The van der Waals surface area contributed by atoms with E-state index < -0.39 is 11.8 Å². The first-order valence-corrected chi connectivity index (χ1v) is 12.3. The molecule has 1 aromatic carbocycles. The largest absolute Gasteiger partial charge is 0.484 e. The highest BCUT2D eigenvalue weighted by molar-refractivity contribution is 7.15. The second-order valence-corrected chi connectivity index (χ2v) is 9.42. The summed E-state index contributed by atoms with van der Waals surface area (Å²) in [5.41, 5.74) is 7.20. The number of aromatic nitrogens is 1. The number of hydrazone groups is 1. The highest BCUT2D eigenvalue weighted by Crippen LogP contribution is 2.38. The first-order chi connectivity index (χ1) is 17.0. The zero-order chi connectivity index (χ0) is 24.8. The predicted octanol–water partition coefficient (Wildman–Crippen LogP) is 3.55. The van der Waals surface area contributed by atoms with Crippen LogP contribution in [0.5, 0.6) is 5.75 Å². The first kappa shape index (κ1) is 24.2. The van der Waals surface area contributed by atoms with Gasteiger partial charge >= 0.3 is 0 Å². The highest BCUT2D eigenvalue weighted by Gasteiger charge is 2.23. The Morgan fingerprint density at radius 3 is 2.74 bits per heavy atom. The van der Waals surface area contributed by atoms with Crippen LogP contribution in [0.15, 0.2) is 41.5 Å². The lowest BCUT2D eigenvalue weighted by Crippen LogP contribution is -2.37. The minimum absolute atomic E-state index is 0.177. The molecule has 0 aliphatic heterocycles. The summed E-state index contributed by atoms with van der Waals surface area (Å²) in [5, 5.41) is 17.3. The van der Waals surface area contributed by atoms with Crippen LogP contribution in [0.25, 0.3) is 5.00 Å². The molecule has 2 amide bonds. The summed E-state index contributed by atoms with van der Waals surface area (Å²) in [6.45, 7) is 3.59. The Morgan fingerprint density at radius 2 is 1.97 bits per heavy atom. The molecule has 8 nitrogen and oxygen atoms in total. The number of ether oxygens (including phenoxy) is 1. The summed E-state index contributed by atoms with van der Waals surface area (Å²) in [5.74, 6) is -0.261. The minimum atomic E-state index is -0.444. The summed E-state index contributed by atoms with van der Waals surface area (Å²) in [6, 6.07) is 13.4. The van der Waals surface area contributed by atoms with Gasteiger partial charge in [-0.25, -0.2) is 5.43 Å². The van der Waals surface area contributed by atoms with Gasteiger partial charge in [-0.15, -0.1) is 11.3 Å². The lowest BCUT2D eigenvalue weighted by atomic mass is 9.96. The molecule has 0 saturated carbocycles. The van der Waals surface area contributed by atoms with Gasteiger partial charge in [-0.1, -0.05) is 18.2 Å². The highest BCUT2D eigenvalue weighted by atomic mass is 32.1. The number of aryl methyl sites for hydroxylation is 2. The molecule has 9 heteroatoms. The van der Waals surface area contributed by atoms with Crippen molar-refractivity contribution in [1.82, 2.24) is 15.3 Å². The Labute approximate surface area is 208 Å². The number of carbonyl (C=O) groups excluding carboxylic acids is 2. The Morgan fingerprint density at radius 1 is 1.20 bits per heavy atom. The van der Waals surface area contributed by atoms with Crippen LogP contribution in [0, 0.1) is 25.2 Å². The fraction of sp³-hybridized carbons (Fsp3) is 0.308. The standard InChI is InChI=1S/C26H27N5O3S/c1-17-12-19(18(2)31(17)26-22(13-27)21-10-6-7-11-23(21)35-26)14-29-30-24(32)15-28-25(33)16-34-20-8-4-3-5-9-20/h3-5,8-9,12,14H,6-7,10-11,15-16H2,1-2H3,(H,28,33)(H,30,32)/b29-14+. The van der Waals surface area contributed by atoms with Crippen molar-refractivity contribution in [2.24, 2.45) is 5.10 Å². The molecular weight excluding hydrogens is 462 g/mol. The topological polar surface area (TPSA) is 109 Å². The summed E-state index contributed by atoms with van der Waals surface area (Å²) in [7, 11) is 0. The lowest BCUT2D eigenvalue weighted by molar-refractivity contribution is -0.127. The van der Waals surface area contributed by atoms with E-state index in [9.17, 15) is 14.9 Å². The Kier molecular flexibility index (Phi) is 7.63. The second kappa shape index (κ2) is 11.0. The third-order valence-electron chi connectivity index (χ3n) is 5.89. The number of benzene rings is 1. The SMILES string of the molecule is Cc1cc(/C=N/NC(=O)CNC(=O)COc2ccccc2)c(C)n1-c1sc2c(c1C#N)CCCC2. The number of nitriles is 1. The fourth-order valence-corrected chi connectivity index (χ4v) is 5.61. The zero-order valence-corrected chi connectivity index (χ0v) is 20.6. The molecular formula is C26H27N5O3S. The number of thiophene rings is 1. The van der Waals surface area contributed by atoms with Crippen molar-refractivity contribution < 1.29 is 14.3 Å². The van der Waals surface area contributed by atoms with Crippen LogP contribution in [0.1, 0.15) is 45.8 Å². The van der Waals surface area contributed by atoms with Gasteiger partial charge in [0.05, 0.1) is 18.3 Å². The van der Waals surface area contributed by atoms with E-state index >= 15 is 0 Å². The van der Waals surface area contributed by atoms with Gasteiger partial charge < -0.3 is 14.6 Å². The van der Waals surface area contributed by atoms with Crippen molar-refractivity contribution in [3.8, 4) is 16.8 Å². The number of amides is 2. The van der Waals surface area contributed by atoms with Crippen LogP contribution < -0.4 is 15.5 Å². The molecule has 3 aromatic rings. The van der Waals surface area contributed by atoms with Crippen LogP contribution in [-0.4, -0.2) is 35.7 Å². The maximum absolute atomic E-state index is 12.1. The first-order valence-electron chi connectivity index (χ1n) is 11.5. The van der Waals surface area contributed by atoms with Gasteiger partial charge in [0.25, 0.3) is 11.8 Å². The monoisotopic (exact) mass is 489 g/mol. The molecule has 4 rings (SSSR count). The van der Waals surface area contributed by atoms with Gasteiger partial charge in [0.1, 0.15) is 16.8 Å². The molecule has 2 aromatic heterocycles. The van der Waals surface area contributed by atoms with Crippen molar-refractivity contribution in [2.75, 3.05) is 13.2 Å². The predicted molar refractivity (Wildman–Crippen MR) is 135 cm³/mol. The van der Waals surface area contributed by atoms with E-state index in [0.29, 0.717) is 5.75 Å². The second-order valence-electron chi connectivity index (χ2n) is 8.34. The van der Waals surface area contributed by atoms with E-state index in [1.165, 1.54) is 16.9 Å². The molecule has 1 aliphatic rings. The molecule has 0 fully saturated rings. The molecule has 0 spiro atoms. The van der Waals surface area contributed by atoms with Crippen molar-refractivity contribution in [2.45, 2.75) is 39.5 Å². The molecule has 0 saturated heterocycles. The van der Waals surface area contributed by atoms with Crippen molar-refractivity contribution in [1.29, 1.82) is 5.26 Å². The normalized spacial score (nSPS) is 12.7. The van der Waals surface area contributed by atoms with Crippen LogP contribution >= 0.6 is 11.3 Å². The number of hydrogen-bond donors (Lipinski definition) is 2. The average molecular weight is 490 g/mol. The number of para-hydroxylation sites is 1. The number of nitrogens with zero attached hydrogens (tertiary/aromatic N) is 3. The number of rotatable bonds is 8. The van der Waals surface area contributed by atoms with Crippen LogP contribution in [0.4, 0.5) is 0 Å². The van der Waals surface area contributed by atoms with E-state index in [1.807, 2.05) is 38.1 Å². The molecule has 180 valence electrons. The maximum Gasteiger partial charge on any atom is 0.259 e. The third kappa shape index (κ3) is 5.61. The van der Waals surface area contributed by atoms with Gasteiger partial charge in [-0.05, 0) is 63.3 Å². The van der Waals surface area contributed by atoms with E-state index in [0.717, 1.165) is 46.8 Å². The molecule has 2 N–H and O–H groups in total. The summed E-state index contributed by atoms with van der Waals surface area (Å²) in [4.78, 5) is 25.3. The summed E-state index contributed by atoms with van der Waals surface area (Å²) in [6.07, 6.45) is 5.86. The van der Waals surface area contributed by atoms with Gasteiger partial charge in [-0.2, -0.15) is 10.4 Å². The number of hydrogen-bond acceptors (Lipinski definition) is 6. The van der Waals surface area contributed by atoms with Crippen LogP contribution in [0.2, 0.25) is 0 Å². The number of carbonyl (C=O) groups is 2. The zero-order valence-electron chi connectivity index (χ0n) is 19.8. The molecule has 0 radical (unpaired) electrons. The van der Waals surface area contributed by atoms with Crippen molar-refractivity contribution in [3.63, 3.8) is 0 Å². The maximum atomic E-state index is 12.1. The number of fused-ring (bicyclic) bond motifs is 1. The van der Waals surface area contributed by atoms with E-state index in [1.54, 1.807) is 29.7 Å². The van der Waals surface area contributed by atoms with E-state index in [2.05, 4.69) is 26.5 Å². The fourth-order valence-electron chi connectivity index (χ4n) is 4.16. The quantitative estimate of drug-likeness (QED) is 0.373. The molecule has 0 unspecified atom stereocenters. The lowest BCUT2D eigenvalue weighted by Gasteiger charge is -2.10. The Balaban J connectivity index is 1.34. The molecule has 0 bridgehead atoms. The summed E-state index contributed by atoms with van der Waals surface area (Å²) < 4.78 is 7.45. The average Bonchev–Trinajstić information content (AvgIpc) is 3.37. The molecule has 0 atom stereocenters. The van der Waals surface area contributed by atoms with Gasteiger partial charge in [0, 0.05) is 21.8 Å². The van der Waals surface area contributed by atoms with Crippen molar-refractivity contribution >= 4 is 29.4 Å².